The zero-order chi connectivity index (χ0) is 14.6. The molecule has 1 saturated heterocycles. The maximum absolute atomic E-state index is 9.88. The Bertz CT molecular complexity index is 462. The van der Waals surface area contributed by atoms with Crippen molar-refractivity contribution in [2.45, 2.75) is 39.7 Å². The van der Waals surface area contributed by atoms with Crippen molar-refractivity contribution in [1.29, 1.82) is 0 Å². The van der Waals surface area contributed by atoms with Gasteiger partial charge in [0.2, 0.25) is 0 Å². The molecule has 4 heteroatoms. The molecule has 1 aromatic heterocycles. The first-order valence-corrected chi connectivity index (χ1v) is 7.47. The van der Waals surface area contributed by atoms with Crippen LogP contribution in [-0.4, -0.2) is 39.3 Å². The lowest BCUT2D eigenvalue weighted by molar-refractivity contribution is 0.0293. The molecular weight excluding hydrogens is 250 g/mol. The van der Waals surface area contributed by atoms with Crippen LogP contribution in [0.15, 0.2) is 24.0 Å². The Kier molecular flexibility index (Phi) is 5.00. The molecule has 1 aromatic rings. The molecule has 0 unspecified atom stereocenters. The molecule has 1 N–H and O–H groups in total. The minimum Gasteiger partial charge on any atom is -0.396 e. The van der Waals surface area contributed by atoms with E-state index >= 15 is 0 Å². The van der Waals surface area contributed by atoms with Gasteiger partial charge < -0.3 is 9.67 Å². The molecule has 2 heterocycles. The van der Waals surface area contributed by atoms with Crippen LogP contribution < -0.4 is 0 Å². The fourth-order valence-electron chi connectivity index (χ4n) is 2.97. The Morgan fingerprint density at radius 1 is 1.50 bits per heavy atom. The molecule has 1 atom stereocenters. The van der Waals surface area contributed by atoms with Crippen molar-refractivity contribution >= 4 is 0 Å². The van der Waals surface area contributed by atoms with Gasteiger partial charge in [0.25, 0.3) is 0 Å². The summed E-state index contributed by atoms with van der Waals surface area (Å²) in [4.78, 5) is 6.84. The molecule has 0 spiro atoms. The SMILES string of the molecule is CC(C)=CC[C@]1(CO)CCCN(Cc2nccn2C)C1. The summed E-state index contributed by atoms with van der Waals surface area (Å²) in [5.74, 6) is 1.10. The molecule has 1 fully saturated rings. The van der Waals surface area contributed by atoms with Crippen LogP contribution in [0.3, 0.4) is 0 Å². The Morgan fingerprint density at radius 2 is 2.30 bits per heavy atom. The van der Waals surface area contributed by atoms with Crippen LogP contribution in [-0.2, 0) is 13.6 Å². The van der Waals surface area contributed by atoms with Gasteiger partial charge in [-0.25, -0.2) is 4.98 Å². The quantitative estimate of drug-likeness (QED) is 0.840. The third kappa shape index (κ3) is 3.70. The van der Waals surface area contributed by atoms with E-state index in [9.17, 15) is 5.11 Å². The summed E-state index contributed by atoms with van der Waals surface area (Å²) in [6.45, 7) is 7.45. The number of likely N-dealkylation sites (tertiary alicyclic amines) is 1. The number of hydrogen-bond acceptors (Lipinski definition) is 3. The van der Waals surface area contributed by atoms with Crippen LogP contribution in [0.25, 0.3) is 0 Å². The van der Waals surface area contributed by atoms with Crippen LogP contribution in [0.1, 0.15) is 38.9 Å². The number of aliphatic hydroxyl groups is 1. The van der Waals surface area contributed by atoms with E-state index in [1.165, 1.54) is 5.57 Å². The number of imidazole rings is 1. The van der Waals surface area contributed by atoms with Crippen LogP contribution in [0, 0.1) is 5.41 Å². The maximum atomic E-state index is 9.88. The van der Waals surface area contributed by atoms with Crippen molar-refractivity contribution in [2.75, 3.05) is 19.7 Å². The van der Waals surface area contributed by atoms with Crippen LogP contribution in [0.2, 0.25) is 0 Å². The third-order valence-corrected chi connectivity index (χ3v) is 4.31. The topological polar surface area (TPSA) is 41.3 Å². The highest BCUT2D eigenvalue weighted by molar-refractivity contribution is 5.01. The van der Waals surface area contributed by atoms with Gasteiger partial charge in [-0.05, 0) is 39.7 Å². The number of piperidine rings is 1. The van der Waals surface area contributed by atoms with Gasteiger partial charge in [-0.1, -0.05) is 11.6 Å². The van der Waals surface area contributed by atoms with Crippen LogP contribution in [0.4, 0.5) is 0 Å². The lowest BCUT2D eigenvalue weighted by Gasteiger charge is -2.41. The van der Waals surface area contributed by atoms with Crippen molar-refractivity contribution in [3.63, 3.8) is 0 Å². The minimum atomic E-state index is 0.0285. The van der Waals surface area contributed by atoms with Gasteiger partial charge in [-0.3, -0.25) is 4.90 Å². The smallest absolute Gasteiger partial charge is 0.122 e. The van der Waals surface area contributed by atoms with E-state index in [0.717, 1.165) is 44.7 Å². The predicted molar refractivity (Wildman–Crippen MR) is 81.3 cm³/mol. The van der Waals surface area contributed by atoms with Gasteiger partial charge >= 0.3 is 0 Å². The van der Waals surface area contributed by atoms with Crippen molar-refractivity contribution in [3.8, 4) is 0 Å². The van der Waals surface area contributed by atoms with E-state index < -0.39 is 0 Å². The molecule has 0 amide bonds. The number of aromatic nitrogens is 2. The molecule has 0 radical (unpaired) electrons. The van der Waals surface area contributed by atoms with Gasteiger partial charge in [0, 0.05) is 31.4 Å². The number of hydrogen-bond donors (Lipinski definition) is 1. The molecule has 0 bridgehead atoms. The van der Waals surface area contributed by atoms with E-state index in [1.807, 2.05) is 19.4 Å². The second kappa shape index (κ2) is 6.55. The normalized spacial score (nSPS) is 23.8. The molecule has 112 valence electrons. The van der Waals surface area contributed by atoms with E-state index in [2.05, 4.69) is 34.4 Å². The van der Waals surface area contributed by atoms with Crippen LogP contribution >= 0.6 is 0 Å². The largest absolute Gasteiger partial charge is 0.396 e. The lowest BCUT2D eigenvalue weighted by atomic mass is 9.77. The summed E-state index contributed by atoms with van der Waals surface area (Å²) in [6.07, 6.45) is 9.35. The lowest BCUT2D eigenvalue weighted by Crippen LogP contribution is -2.45. The van der Waals surface area contributed by atoms with Crippen molar-refractivity contribution in [1.82, 2.24) is 14.5 Å². The Morgan fingerprint density at radius 3 is 2.90 bits per heavy atom. The molecular formula is C16H27N3O. The van der Waals surface area contributed by atoms with Crippen molar-refractivity contribution < 1.29 is 5.11 Å². The standard InChI is InChI=1S/C16H27N3O/c1-14(2)5-7-16(13-20)6-4-9-19(12-16)11-15-17-8-10-18(15)3/h5,8,10,20H,4,6-7,9,11-13H2,1-3H3/t16-/m1/s1. The number of aliphatic hydroxyl groups excluding tert-OH is 1. The summed E-state index contributed by atoms with van der Waals surface area (Å²) in [7, 11) is 2.04. The molecule has 4 nitrogen and oxygen atoms in total. The number of rotatable bonds is 5. The number of nitrogens with zero attached hydrogens (tertiary/aromatic N) is 3. The fourth-order valence-corrected chi connectivity index (χ4v) is 2.97. The summed E-state index contributed by atoms with van der Waals surface area (Å²) >= 11 is 0. The zero-order valence-corrected chi connectivity index (χ0v) is 13.0. The van der Waals surface area contributed by atoms with Gasteiger partial charge in [0.15, 0.2) is 0 Å². The summed E-state index contributed by atoms with van der Waals surface area (Å²) in [5.41, 5.74) is 1.36. The van der Waals surface area contributed by atoms with E-state index in [0.29, 0.717) is 0 Å². The highest BCUT2D eigenvalue weighted by Gasteiger charge is 2.34. The molecule has 0 aliphatic carbocycles. The minimum absolute atomic E-state index is 0.0285. The summed E-state index contributed by atoms with van der Waals surface area (Å²) in [6, 6.07) is 0. The van der Waals surface area contributed by atoms with Gasteiger partial charge in [-0.15, -0.1) is 0 Å². The molecule has 0 aromatic carbocycles. The van der Waals surface area contributed by atoms with E-state index in [1.54, 1.807) is 0 Å². The zero-order valence-electron chi connectivity index (χ0n) is 13.0. The number of aryl methyl sites for hydroxylation is 1. The molecule has 2 rings (SSSR count). The van der Waals surface area contributed by atoms with Crippen molar-refractivity contribution in [2.24, 2.45) is 12.5 Å². The van der Waals surface area contributed by atoms with Crippen LogP contribution in [0.5, 0.6) is 0 Å². The highest BCUT2D eigenvalue weighted by atomic mass is 16.3. The van der Waals surface area contributed by atoms with E-state index in [-0.39, 0.29) is 12.0 Å². The van der Waals surface area contributed by atoms with Gasteiger partial charge in [0.05, 0.1) is 13.2 Å². The maximum Gasteiger partial charge on any atom is 0.122 e. The van der Waals surface area contributed by atoms with Gasteiger partial charge in [0.1, 0.15) is 5.82 Å². The third-order valence-electron chi connectivity index (χ3n) is 4.31. The first-order valence-electron chi connectivity index (χ1n) is 7.47. The fraction of sp³-hybridized carbons (Fsp3) is 0.688. The Balaban J connectivity index is 2.02. The average Bonchev–Trinajstić information content (AvgIpc) is 2.82. The number of allylic oxidation sites excluding steroid dienone is 2. The van der Waals surface area contributed by atoms with E-state index in [4.69, 9.17) is 0 Å². The Labute approximate surface area is 122 Å². The summed E-state index contributed by atoms with van der Waals surface area (Å²) in [5, 5.41) is 9.88. The first kappa shape index (κ1) is 15.3. The molecule has 1 aliphatic rings. The molecule has 1 aliphatic heterocycles. The van der Waals surface area contributed by atoms with Gasteiger partial charge in [-0.2, -0.15) is 0 Å². The summed E-state index contributed by atoms with van der Waals surface area (Å²) < 4.78 is 2.07. The second-order valence-electron chi connectivity index (χ2n) is 6.41. The molecule has 0 saturated carbocycles. The second-order valence-corrected chi connectivity index (χ2v) is 6.41. The average molecular weight is 277 g/mol. The Hall–Kier alpha value is -1.13. The predicted octanol–water partition coefficient (Wildman–Crippen LogP) is 2.35. The van der Waals surface area contributed by atoms with Crippen molar-refractivity contribution in [3.05, 3.63) is 29.9 Å². The highest BCUT2D eigenvalue weighted by Crippen LogP contribution is 2.34. The molecule has 20 heavy (non-hydrogen) atoms. The monoisotopic (exact) mass is 277 g/mol. The first-order chi connectivity index (χ1) is 9.54.